The van der Waals surface area contributed by atoms with Crippen molar-refractivity contribution in [3.05, 3.63) is 59.3 Å². The van der Waals surface area contributed by atoms with Crippen LogP contribution < -0.4 is 16.8 Å². The Bertz CT molecular complexity index is 919. The lowest BCUT2D eigenvalue weighted by Crippen LogP contribution is -2.63. The van der Waals surface area contributed by atoms with Gasteiger partial charge in [-0.3, -0.25) is 14.5 Å². The van der Waals surface area contributed by atoms with Gasteiger partial charge in [0, 0.05) is 12.7 Å². The zero-order valence-electron chi connectivity index (χ0n) is 18.0. The van der Waals surface area contributed by atoms with E-state index in [1.807, 2.05) is 13.8 Å². The highest BCUT2D eigenvalue weighted by molar-refractivity contribution is 5.92. The first-order valence-corrected chi connectivity index (χ1v) is 10.1. The number of hydrogen-bond donors (Lipinski definition) is 3. The summed E-state index contributed by atoms with van der Waals surface area (Å²) in [6, 6.07) is 6.77. The molecule has 7 nitrogen and oxygen atoms in total. The van der Waals surface area contributed by atoms with Crippen molar-refractivity contribution in [1.29, 1.82) is 0 Å². The van der Waals surface area contributed by atoms with E-state index in [9.17, 15) is 18.4 Å². The summed E-state index contributed by atoms with van der Waals surface area (Å²) >= 11 is 0. The van der Waals surface area contributed by atoms with Gasteiger partial charge >= 0.3 is 0 Å². The van der Waals surface area contributed by atoms with Crippen molar-refractivity contribution in [1.82, 2.24) is 15.2 Å². The molecule has 5 N–H and O–H groups in total. The lowest BCUT2D eigenvalue weighted by atomic mass is 9.78. The van der Waals surface area contributed by atoms with Gasteiger partial charge in [0.25, 0.3) is 0 Å². The number of carbonyl (C=O) groups excluding carboxylic acids is 2. The fourth-order valence-electron chi connectivity index (χ4n) is 3.73. The quantitative estimate of drug-likeness (QED) is 0.530. The van der Waals surface area contributed by atoms with E-state index in [1.165, 1.54) is 12.3 Å². The summed E-state index contributed by atoms with van der Waals surface area (Å²) in [7, 11) is 0. The van der Waals surface area contributed by atoms with Crippen LogP contribution in [-0.2, 0) is 22.6 Å². The number of benzene rings is 1. The van der Waals surface area contributed by atoms with Crippen LogP contribution >= 0.6 is 0 Å². The maximum Gasteiger partial charge on any atom is 0.238 e. The molecule has 1 aromatic heterocycles. The number of carbonyl (C=O) groups is 2. The third-order valence-electron chi connectivity index (χ3n) is 5.65. The minimum Gasteiger partial charge on any atom is -0.384 e. The number of anilines is 1. The van der Waals surface area contributed by atoms with Gasteiger partial charge in [0.1, 0.15) is 11.4 Å². The summed E-state index contributed by atoms with van der Waals surface area (Å²) in [5.41, 5.74) is 11.1. The highest BCUT2D eigenvalue weighted by atomic mass is 19.2. The Hall–Kier alpha value is -3.07. The highest BCUT2D eigenvalue weighted by Gasteiger charge is 2.47. The van der Waals surface area contributed by atoms with Crippen LogP contribution in [0.15, 0.2) is 36.5 Å². The standard InChI is InChI=1S/C22H29F2N5O2/c1-4-29(5-2)22(3,21(26)31)16(10-14-6-8-17(23)18(24)11-14)20(30)28-13-15-7-9-19(25)27-12-15/h6-9,11-12,16H,4-5,10,13H2,1-3H3,(H2,25,27)(H2,26,31)(H,28,30)/t16-,22?/m1/s1. The van der Waals surface area contributed by atoms with Crippen molar-refractivity contribution in [3.8, 4) is 0 Å². The van der Waals surface area contributed by atoms with Crippen LogP contribution in [0, 0.1) is 17.6 Å². The molecular formula is C22H29F2N5O2. The summed E-state index contributed by atoms with van der Waals surface area (Å²) in [6.45, 7) is 6.43. The van der Waals surface area contributed by atoms with Crippen molar-refractivity contribution in [2.45, 2.75) is 39.3 Å². The zero-order chi connectivity index (χ0) is 23.2. The Morgan fingerprint density at radius 2 is 1.77 bits per heavy atom. The number of nitrogen functional groups attached to an aromatic ring is 1. The second-order valence-corrected chi connectivity index (χ2v) is 7.50. The smallest absolute Gasteiger partial charge is 0.238 e. The molecule has 1 aromatic carbocycles. The van der Waals surface area contributed by atoms with Gasteiger partial charge in [0.2, 0.25) is 11.8 Å². The molecule has 0 radical (unpaired) electrons. The third-order valence-corrected chi connectivity index (χ3v) is 5.65. The zero-order valence-corrected chi connectivity index (χ0v) is 18.0. The number of halogens is 2. The summed E-state index contributed by atoms with van der Waals surface area (Å²) in [5.74, 6) is -3.70. The maximum atomic E-state index is 13.8. The molecule has 2 rings (SSSR count). The van der Waals surface area contributed by atoms with E-state index in [0.717, 1.165) is 17.7 Å². The normalized spacial score (nSPS) is 14.1. The molecule has 0 saturated heterocycles. The second kappa shape index (κ2) is 10.3. The van der Waals surface area contributed by atoms with Crippen molar-refractivity contribution >= 4 is 17.6 Å². The van der Waals surface area contributed by atoms with Crippen LogP contribution in [0.3, 0.4) is 0 Å². The number of pyridine rings is 1. The number of likely N-dealkylation sites (N-methyl/N-ethyl adjacent to an activating group) is 1. The molecule has 0 spiro atoms. The monoisotopic (exact) mass is 433 g/mol. The van der Waals surface area contributed by atoms with E-state index < -0.39 is 34.9 Å². The number of aromatic nitrogens is 1. The Morgan fingerprint density at radius 1 is 1.13 bits per heavy atom. The molecule has 0 fully saturated rings. The molecule has 0 bridgehead atoms. The minimum atomic E-state index is -1.35. The Morgan fingerprint density at radius 3 is 2.29 bits per heavy atom. The molecule has 31 heavy (non-hydrogen) atoms. The Kier molecular flexibility index (Phi) is 8.04. The van der Waals surface area contributed by atoms with Crippen molar-refractivity contribution in [3.63, 3.8) is 0 Å². The number of hydrogen-bond acceptors (Lipinski definition) is 5. The van der Waals surface area contributed by atoms with Crippen LogP contribution in [0.25, 0.3) is 0 Å². The molecule has 0 aliphatic carbocycles. The second-order valence-electron chi connectivity index (χ2n) is 7.50. The van der Waals surface area contributed by atoms with Gasteiger partial charge in [0.05, 0.1) is 5.92 Å². The fourth-order valence-corrected chi connectivity index (χ4v) is 3.73. The van der Waals surface area contributed by atoms with Crippen molar-refractivity contribution < 1.29 is 18.4 Å². The molecule has 2 amide bonds. The largest absolute Gasteiger partial charge is 0.384 e. The van der Waals surface area contributed by atoms with Gasteiger partial charge in [-0.15, -0.1) is 0 Å². The predicted octanol–water partition coefficient (Wildman–Crippen LogP) is 2.00. The third kappa shape index (κ3) is 5.55. The number of nitrogens with two attached hydrogens (primary N) is 2. The molecule has 168 valence electrons. The van der Waals surface area contributed by atoms with E-state index in [-0.39, 0.29) is 13.0 Å². The molecule has 1 unspecified atom stereocenters. The number of nitrogens with zero attached hydrogens (tertiary/aromatic N) is 2. The molecule has 9 heteroatoms. The topological polar surface area (TPSA) is 114 Å². The van der Waals surface area contributed by atoms with Crippen molar-refractivity contribution in [2.75, 3.05) is 18.8 Å². The summed E-state index contributed by atoms with van der Waals surface area (Å²) in [4.78, 5) is 31.6. The first-order chi connectivity index (χ1) is 14.6. The average molecular weight is 434 g/mol. The van der Waals surface area contributed by atoms with Gasteiger partial charge in [0.15, 0.2) is 11.6 Å². The predicted molar refractivity (Wildman–Crippen MR) is 115 cm³/mol. The van der Waals surface area contributed by atoms with Crippen molar-refractivity contribution in [2.24, 2.45) is 11.7 Å². The first kappa shape index (κ1) is 24.2. The number of primary amides is 1. The summed E-state index contributed by atoms with van der Waals surface area (Å²) < 4.78 is 27.2. The number of rotatable bonds is 10. The highest BCUT2D eigenvalue weighted by Crippen LogP contribution is 2.29. The van der Waals surface area contributed by atoms with E-state index >= 15 is 0 Å². The Balaban J connectivity index is 2.39. The van der Waals surface area contributed by atoms with Gasteiger partial charge < -0.3 is 16.8 Å². The van der Waals surface area contributed by atoms with Crippen LogP contribution in [-0.4, -0.2) is 40.3 Å². The molecule has 1 heterocycles. The van der Waals surface area contributed by atoms with Crippen LogP contribution in [0.4, 0.5) is 14.6 Å². The van der Waals surface area contributed by atoms with E-state index in [0.29, 0.717) is 24.5 Å². The van der Waals surface area contributed by atoms with Gasteiger partial charge in [-0.2, -0.15) is 0 Å². The molecule has 0 aliphatic heterocycles. The van der Waals surface area contributed by atoms with E-state index in [4.69, 9.17) is 11.5 Å². The maximum absolute atomic E-state index is 13.8. The molecule has 2 atom stereocenters. The Labute approximate surface area is 180 Å². The number of amides is 2. The van der Waals surface area contributed by atoms with Crippen LogP contribution in [0.2, 0.25) is 0 Å². The summed E-state index contributed by atoms with van der Waals surface area (Å²) in [6.07, 6.45) is 1.54. The number of nitrogens with one attached hydrogen (secondary N) is 1. The van der Waals surface area contributed by atoms with E-state index in [1.54, 1.807) is 24.0 Å². The first-order valence-electron chi connectivity index (χ1n) is 10.1. The van der Waals surface area contributed by atoms with Crippen LogP contribution in [0.1, 0.15) is 31.9 Å². The fraction of sp³-hybridized carbons (Fsp3) is 0.409. The molecule has 0 saturated carbocycles. The van der Waals surface area contributed by atoms with E-state index in [2.05, 4.69) is 10.3 Å². The minimum absolute atomic E-state index is 0.00103. The lowest BCUT2D eigenvalue weighted by Gasteiger charge is -2.42. The average Bonchev–Trinajstić information content (AvgIpc) is 2.74. The van der Waals surface area contributed by atoms with Gasteiger partial charge in [-0.05, 0) is 55.8 Å². The summed E-state index contributed by atoms with van der Waals surface area (Å²) in [5, 5.41) is 2.81. The molecule has 2 aromatic rings. The SMILES string of the molecule is CCN(CC)C(C)(C(N)=O)[C@H](Cc1ccc(F)c(F)c1)C(=O)NCc1ccc(N)nc1. The van der Waals surface area contributed by atoms with Gasteiger partial charge in [-0.1, -0.05) is 26.0 Å². The van der Waals surface area contributed by atoms with Gasteiger partial charge in [-0.25, -0.2) is 13.8 Å². The van der Waals surface area contributed by atoms with Crippen LogP contribution in [0.5, 0.6) is 0 Å². The molecule has 0 aliphatic rings. The molecular weight excluding hydrogens is 404 g/mol. The lowest BCUT2D eigenvalue weighted by molar-refractivity contribution is -0.142.